The van der Waals surface area contributed by atoms with Crippen LogP contribution in [-0.2, 0) is 19.1 Å². The van der Waals surface area contributed by atoms with E-state index in [-0.39, 0.29) is 29.6 Å². The van der Waals surface area contributed by atoms with Crippen molar-refractivity contribution in [3.8, 4) is 0 Å². The molecule has 9 heteroatoms. The van der Waals surface area contributed by atoms with Crippen LogP contribution in [0.15, 0.2) is 48.5 Å². The van der Waals surface area contributed by atoms with E-state index in [2.05, 4.69) is 5.32 Å². The molecule has 174 valence electrons. The van der Waals surface area contributed by atoms with E-state index in [4.69, 9.17) is 21.1 Å². The smallest absolute Gasteiger partial charge is 0.338 e. The minimum atomic E-state index is -0.794. The van der Waals surface area contributed by atoms with E-state index in [0.717, 1.165) is 6.42 Å². The van der Waals surface area contributed by atoms with Gasteiger partial charge >= 0.3 is 5.97 Å². The molecule has 0 radical (unpaired) electrons. The number of rotatable bonds is 9. The summed E-state index contributed by atoms with van der Waals surface area (Å²) in [6, 6.07) is 12.3. The van der Waals surface area contributed by atoms with Crippen LogP contribution in [0.4, 0.5) is 5.69 Å². The Morgan fingerprint density at radius 2 is 1.76 bits per heavy atom. The first-order valence-electron chi connectivity index (χ1n) is 10.6. The van der Waals surface area contributed by atoms with Crippen molar-refractivity contribution in [3.05, 3.63) is 64.7 Å². The molecular formula is C24H25ClN2O6. The second-order valence-corrected chi connectivity index (χ2v) is 7.96. The number of esters is 1. The van der Waals surface area contributed by atoms with Crippen molar-refractivity contribution in [2.45, 2.75) is 25.9 Å². The first kappa shape index (κ1) is 24.4. The summed E-state index contributed by atoms with van der Waals surface area (Å²) in [7, 11) is 0. The Morgan fingerprint density at radius 3 is 2.42 bits per heavy atom. The topological polar surface area (TPSA) is 102 Å². The van der Waals surface area contributed by atoms with E-state index in [0.29, 0.717) is 36.0 Å². The summed E-state index contributed by atoms with van der Waals surface area (Å²) < 4.78 is 10.5. The number of benzene rings is 2. The molecule has 8 nitrogen and oxygen atoms in total. The minimum Gasteiger partial charge on any atom is -0.454 e. The highest BCUT2D eigenvalue weighted by Crippen LogP contribution is 2.15. The van der Waals surface area contributed by atoms with Gasteiger partial charge in [-0.1, -0.05) is 18.5 Å². The monoisotopic (exact) mass is 472 g/mol. The Labute approximate surface area is 196 Å². The number of carbonyl (C=O) groups is 4. The van der Waals surface area contributed by atoms with Gasteiger partial charge in [0.25, 0.3) is 5.91 Å². The molecule has 3 rings (SSSR count). The second-order valence-electron chi connectivity index (χ2n) is 7.52. The third-order valence-electron chi connectivity index (χ3n) is 5.04. The molecule has 1 N–H and O–H groups in total. The van der Waals surface area contributed by atoms with Crippen LogP contribution >= 0.6 is 11.6 Å². The van der Waals surface area contributed by atoms with E-state index < -0.39 is 18.7 Å². The fraction of sp³-hybridized carbons (Fsp3) is 0.333. The predicted molar refractivity (Wildman–Crippen MR) is 122 cm³/mol. The molecule has 0 saturated carbocycles. The van der Waals surface area contributed by atoms with Crippen LogP contribution in [0.1, 0.15) is 40.5 Å². The van der Waals surface area contributed by atoms with Gasteiger partial charge in [-0.05, 0) is 55.0 Å². The number of carbonyl (C=O) groups excluding carboxylic acids is 4. The molecule has 1 aliphatic heterocycles. The lowest BCUT2D eigenvalue weighted by molar-refractivity contribution is -0.155. The normalized spacial score (nSPS) is 15.8. The second kappa shape index (κ2) is 11.6. The quantitative estimate of drug-likeness (QED) is 0.443. The van der Waals surface area contributed by atoms with Crippen molar-refractivity contribution >= 4 is 40.9 Å². The number of ketones is 1. The summed E-state index contributed by atoms with van der Waals surface area (Å²) in [4.78, 5) is 50.7. The van der Waals surface area contributed by atoms with Crippen LogP contribution in [0.3, 0.4) is 0 Å². The van der Waals surface area contributed by atoms with Crippen LogP contribution in [0.2, 0.25) is 5.02 Å². The Kier molecular flexibility index (Phi) is 8.57. The highest BCUT2D eigenvalue weighted by atomic mass is 35.5. The first-order chi connectivity index (χ1) is 15.9. The summed E-state index contributed by atoms with van der Waals surface area (Å²) in [6.45, 7) is 3.17. The maximum absolute atomic E-state index is 12.4. The lowest BCUT2D eigenvalue weighted by Crippen LogP contribution is -2.49. The van der Waals surface area contributed by atoms with Crippen LogP contribution in [0.5, 0.6) is 0 Å². The number of nitrogens with one attached hydrogen (secondary N) is 1. The van der Waals surface area contributed by atoms with E-state index in [1.54, 1.807) is 41.3 Å². The molecule has 2 aromatic rings. The van der Waals surface area contributed by atoms with Crippen molar-refractivity contribution in [3.63, 3.8) is 0 Å². The number of anilines is 1. The number of hydrogen-bond donors (Lipinski definition) is 1. The number of hydrogen-bond acceptors (Lipinski definition) is 6. The molecule has 1 fully saturated rings. The zero-order valence-electron chi connectivity index (χ0n) is 18.2. The lowest BCUT2D eigenvalue weighted by Gasteiger charge is -2.32. The van der Waals surface area contributed by atoms with Crippen molar-refractivity contribution in [1.29, 1.82) is 0 Å². The Bertz CT molecular complexity index is 1000. The van der Waals surface area contributed by atoms with Crippen LogP contribution in [0, 0.1) is 0 Å². The largest absolute Gasteiger partial charge is 0.454 e. The predicted octanol–water partition coefficient (Wildman–Crippen LogP) is 3.35. The first-order valence-corrected chi connectivity index (χ1v) is 11.0. The van der Waals surface area contributed by atoms with Gasteiger partial charge in [0, 0.05) is 29.4 Å². The zero-order chi connectivity index (χ0) is 23.8. The molecular weight excluding hydrogens is 448 g/mol. The van der Waals surface area contributed by atoms with Crippen LogP contribution in [-0.4, -0.2) is 60.9 Å². The molecule has 2 aromatic carbocycles. The third kappa shape index (κ3) is 6.87. The van der Waals surface area contributed by atoms with Gasteiger partial charge in [-0.25, -0.2) is 4.79 Å². The molecule has 2 amide bonds. The summed E-state index contributed by atoms with van der Waals surface area (Å²) in [5.41, 5.74) is 1.09. The molecule has 1 saturated heterocycles. The SMILES string of the molecule is CCCN1CCOC(CC(=O)Nc2ccc(C(=O)OCC(=O)c3ccc(Cl)cc3)cc2)C1=O. The number of Topliss-reactive ketones (excluding diaryl/α,β-unsaturated/α-hetero) is 1. The lowest BCUT2D eigenvalue weighted by atomic mass is 10.1. The average molecular weight is 473 g/mol. The van der Waals surface area contributed by atoms with Crippen molar-refractivity contribution < 1.29 is 28.7 Å². The molecule has 1 aliphatic rings. The van der Waals surface area contributed by atoms with Gasteiger partial charge in [0.05, 0.1) is 18.6 Å². The standard InChI is InChI=1S/C24H25ClN2O6/c1-2-11-27-12-13-32-21(23(27)30)14-22(29)26-19-9-5-17(6-10-19)24(31)33-15-20(28)16-3-7-18(25)8-4-16/h3-10,21H,2,11-15H2,1H3,(H,26,29). The van der Waals surface area contributed by atoms with Gasteiger partial charge in [-0.3, -0.25) is 14.4 Å². The van der Waals surface area contributed by atoms with Gasteiger partial charge in [-0.2, -0.15) is 0 Å². The van der Waals surface area contributed by atoms with E-state index >= 15 is 0 Å². The number of nitrogens with zero attached hydrogens (tertiary/aromatic N) is 1. The van der Waals surface area contributed by atoms with Crippen molar-refractivity contribution in [2.75, 3.05) is 31.6 Å². The number of amides is 2. The van der Waals surface area contributed by atoms with Crippen LogP contribution in [0.25, 0.3) is 0 Å². The van der Waals surface area contributed by atoms with Crippen molar-refractivity contribution in [1.82, 2.24) is 4.90 Å². The third-order valence-corrected chi connectivity index (χ3v) is 5.29. The Hall–Kier alpha value is -3.23. The fourth-order valence-electron chi connectivity index (χ4n) is 3.33. The van der Waals surface area contributed by atoms with E-state index in [1.165, 1.54) is 12.1 Å². The molecule has 0 aromatic heterocycles. The molecule has 1 heterocycles. The summed E-state index contributed by atoms with van der Waals surface area (Å²) in [5.74, 6) is -1.55. The van der Waals surface area contributed by atoms with Crippen LogP contribution < -0.4 is 5.32 Å². The maximum atomic E-state index is 12.4. The highest BCUT2D eigenvalue weighted by molar-refractivity contribution is 6.30. The van der Waals surface area contributed by atoms with Gasteiger partial charge in [0.2, 0.25) is 5.91 Å². The molecule has 1 unspecified atom stereocenters. The summed E-state index contributed by atoms with van der Waals surface area (Å²) in [5, 5.41) is 3.20. The summed E-state index contributed by atoms with van der Waals surface area (Å²) >= 11 is 5.79. The Balaban J connectivity index is 1.48. The van der Waals surface area contributed by atoms with E-state index in [1.807, 2.05) is 6.92 Å². The average Bonchev–Trinajstić information content (AvgIpc) is 2.81. The van der Waals surface area contributed by atoms with E-state index in [9.17, 15) is 19.2 Å². The van der Waals surface area contributed by atoms with Gasteiger partial charge in [0.1, 0.15) is 6.10 Å². The number of halogens is 1. The van der Waals surface area contributed by atoms with Gasteiger partial charge < -0.3 is 19.7 Å². The van der Waals surface area contributed by atoms with Gasteiger partial charge in [0.15, 0.2) is 12.4 Å². The molecule has 33 heavy (non-hydrogen) atoms. The molecule has 0 aliphatic carbocycles. The zero-order valence-corrected chi connectivity index (χ0v) is 19.0. The van der Waals surface area contributed by atoms with Crippen molar-refractivity contribution in [2.24, 2.45) is 0 Å². The molecule has 0 spiro atoms. The fourth-order valence-corrected chi connectivity index (χ4v) is 3.46. The molecule has 1 atom stereocenters. The highest BCUT2D eigenvalue weighted by Gasteiger charge is 2.30. The minimum absolute atomic E-state index is 0.0876. The number of morpholine rings is 1. The number of ether oxygens (including phenoxy) is 2. The van der Waals surface area contributed by atoms with Gasteiger partial charge in [-0.15, -0.1) is 0 Å². The molecule has 0 bridgehead atoms. The Morgan fingerprint density at radius 1 is 1.09 bits per heavy atom. The maximum Gasteiger partial charge on any atom is 0.338 e. The summed E-state index contributed by atoms with van der Waals surface area (Å²) in [6.07, 6.45) is -0.0394.